The fourth-order valence-electron chi connectivity index (χ4n) is 2.23. The molecule has 0 saturated carbocycles. The summed E-state index contributed by atoms with van der Waals surface area (Å²) in [5.74, 6) is 0. The summed E-state index contributed by atoms with van der Waals surface area (Å²) in [7, 11) is 0. The van der Waals surface area contributed by atoms with E-state index in [2.05, 4.69) is 54.3 Å². The second kappa shape index (κ2) is 17.6. The van der Waals surface area contributed by atoms with E-state index in [4.69, 9.17) is 0 Å². The van der Waals surface area contributed by atoms with E-state index in [1.165, 1.54) is 77.0 Å². The van der Waals surface area contributed by atoms with Gasteiger partial charge in [-0.15, -0.1) is 0 Å². The van der Waals surface area contributed by atoms with E-state index in [1.807, 2.05) is 0 Å². The minimum atomic E-state index is 1.32. The predicted octanol–water partition coefficient (Wildman–Crippen LogP) is 6.64. The van der Waals surface area contributed by atoms with Crippen LogP contribution in [0.3, 0.4) is 0 Å². The molecule has 108 valence electrons. The molecule has 0 fully saturated rings. The Morgan fingerprint density at radius 3 is 0.889 bits per heavy atom. The van der Waals surface area contributed by atoms with Crippen LogP contribution >= 0.6 is 13.6 Å². The van der Waals surface area contributed by atoms with Crippen LogP contribution in [-0.2, 0) is 16.3 Å². The van der Waals surface area contributed by atoms with Gasteiger partial charge in [0.2, 0.25) is 0 Å². The first kappa shape index (κ1) is 18.6. The molecule has 0 spiro atoms. The van der Waals surface area contributed by atoms with Gasteiger partial charge in [0.25, 0.3) is 0 Å². The van der Waals surface area contributed by atoms with Gasteiger partial charge >= 0.3 is 30.0 Å². The van der Waals surface area contributed by atoms with Crippen LogP contribution in [0.2, 0.25) is 0 Å². The predicted molar refractivity (Wildman–Crippen MR) is 82.6 cm³/mol. The SMILES string of the molecule is C1=C\CCCCCC/1.C1=C\CCCCCC/1.[Br][Rh]. The van der Waals surface area contributed by atoms with Crippen molar-refractivity contribution in [2.24, 2.45) is 0 Å². The molecule has 0 aromatic rings. The summed E-state index contributed by atoms with van der Waals surface area (Å²) in [6.07, 6.45) is 26.0. The van der Waals surface area contributed by atoms with Crippen molar-refractivity contribution in [2.75, 3.05) is 0 Å². The molecule has 0 saturated heterocycles. The van der Waals surface area contributed by atoms with Crippen molar-refractivity contribution in [3.8, 4) is 0 Å². The standard InChI is InChI=1S/2C8H14.BrH.Rh/c2*1-2-4-6-8-7-5-3-1;;/h2*1-2H,3-8H2;1H;/q;;;+1/p-1/b2*2-1-;;. The van der Waals surface area contributed by atoms with E-state index in [1.54, 1.807) is 0 Å². The zero-order chi connectivity index (χ0) is 13.3. The van der Waals surface area contributed by atoms with Crippen molar-refractivity contribution in [3.05, 3.63) is 24.3 Å². The molecule has 0 heterocycles. The van der Waals surface area contributed by atoms with Crippen LogP contribution in [0.15, 0.2) is 24.3 Å². The van der Waals surface area contributed by atoms with Gasteiger partial charge in [0.05, 0.1) is 0 Å². The Hall–Kier alpha value is 0.583. The van der Waals surface area contributed by atoms with Gasteiger partial charge in [-0.25, -0.2) is 0 Å². The second-order valence-corrected chi connectivity index (χ2v) is 4.93. The first-order valence-electron chi connectivity index (χ1n) is 7.43. The average Bonchev–Trinajstić information content (AvgIpc) is 2.30. The third-order valence-corrected chi connectivity index (χ3v) is 3.32. The molecule has 0 aromatic heterocycles. The van der Waals surface area contributed by atoms with Crippen molar-refractivity contribution < 1.29 is 16.3 Å². The molecule has 2 rings (SSSR count). The van der Waals surface area contributed by atoms with Crippen LogP contribution in [-0.4, -0.2) is 0 Å². The minimum absolute atomic E-state index is 1.32. The van der Waals surface area contributed by atoms with Gasteiger partial charge in [-0.1, -0.05) is 50.0 Å². The van der Waals surface area contributed by atoms with Crippen LogP contribution in [0, 0.1) is 0 Å². The monoisotopic (exact) mass is 402 g/mol. The molecule has 2 aliphatic carbocycles. The Morgan fingerprint density at radius 1 is 0.444 bits per heavy atom. The van der Waals surface area contributed by atoms with E-state index in [0.717, 1.165) is 0 Å². The molecule has 0 nitrogen and oxygen atoms in total. The van der Waals surface area contributed by atoms with Gasteiger partial charge in [0.1, 0.15) is 0 Å². The molecule has 2 aliphatic rings. The van der Waals surface area contributed by atoms with Crippen molar-refractivity contribution in [1.29, 1.82) is 0 Å². The summed E-state index contributed by atoms with van der Waals surface area (Å²) in [5.41, 5.74) is 0. The summed E-state index contributed by atoms with van der Waals surface area (Å²) in [4.78, 5) is 0. The summed E-state index contributed by atoms with van der Waals surface area (Å²) >= 11 is 5.19. The molecule has 0 atom stereocenters. The number of hydrogen-bond acceptors (Lipinski definition) is 0. The molecule has 18 heavy (non-hydrogen) atoms. The van der Waals surface area contributed by atoms with Crippen LogP contribution in [0.4, 0.5) is 0 Å². The van der Waals surface area contributed by atoms with Crippen LogP contribution in [0.25, 0.3) is 0 Å². The zero-order valence-electron chi connectivity index (χ0n) is 11.5. The molecule has 0 aromatic carbocycles. The average molecular weight is 403 g/mol. The maximum absolute atomic E-state index is 2.83. The molecule has 0 unspecified atom stereocenters. The second-order valence-electron chi connectivity index (χ2n) is 4.93. The molecule has 0 amide bonds. The number of allylic oxidation sites excluding steroid dienone is 4. The normalized spacial score (nSPS) is 23.5. The Kier molecular flexibility index (Phi) is 18.2. The van der Waals surface area contributed by atoms with Gasteiger partial charge < -0.3 is 0 Å². The van der Waals surface area contributed by atoms with Crippen LogP contribution < -0.4 is 0 Å². The Morgan fingerprint density at radius 2 is 0.667 bits per heavy atom. The molecule has 2 heteroatoms. The molecule has 0 N–H and O–H groups in total. The van der Waals surface area contributed by atoms with E-state index in [9.17, 15) is 0 Å². The molecular weight excluding hydrogens is 375 g/mol. The van der Waals surface area contributed by atoms with Crippen molar-refractivity contribution in [1.82, 2.24) is 0 Å². The van der Waals surface area contributed by atoms with Crippen molar-refractivity contribution in [2.45, 2.75) is 77.0 Å². The fourth-order valence-corrected chi connectivity index (χ4v) is 2.23. The van der Waals surface area contributed by atoms with Gasteiger partial charge in [-0.3, -0.25) is 0 Å². The number of rotatable bonds is 0. The van der Waals surface area contributed by atoms with Gasteiger partial charge in [-0.05, 0) is 51.4 Å². The quantitative estimate of drug-likeness (QED) is 0.314. The molecule has 0 bridgehead atoms. The summed E-state index contributed by atoms with van der Waals surface area (Å²) in [5, 5.41) is 0. The summed E-state index contributed by atoms with van der Waals surface area (Å²) in [6.45, 7) is 0. The van der Waals surface area contributed by atoms with Gasteiger partial charge in [0.15, 0.2) is 0 Å². The molecule has 0 radical (unpaired) electrons. The van der Waals surface area contributed by atoms with E-state index < -0.39 is 0 Å². The Labute approximate surface area is 131 Å². The van der Waals surface area contributed by atoms with Crippen molar-refractivity contribution in [3.63, 3.8) is 0 Å². The Bertz CT molecular complexity index is 157. The molecule has 0 aliphatic heterocycles. The van der Waals surface area contributed by atoms with Gasteiger partial charge in [-0.2, -0.15) is 0 Å². The zero-order valence-corrected chi connectivity index (χ0v) is 14.7. The third kappa shape index (κ3) is 14.6. The summed E-state index contributed by atoms with van der Waals surface area (Å²) in [6, 6.07) is 0. The van der Waals surface area contributed by atoms with Gasteiger partial charge in [0, 0.05) is 0 Å². The number of hydrogen-bond donors (Lipinski definition) is 0. The fraction of sp³-hybridized carbons (Fsp3) is 0.750. The first-order chi connectivity index (χ1) is 9.00. The van der Waals surface area contributed by atoms with Crippen LogP contribution in [0.5, 0.6) is 0 Å². The topological polar surface area (TPSA) is 0 Å². The number of halogens is 1. The first-order valence-corrected chi connectivity index (χ1v) is 11.2. The maximum atomic E-state index is 2.83. The Balaban J connectivity index is 0.000000283. The van der Waals surface area contributed by atoms with Crippen molar-refractivity contribution >= 4 is 13.6 Å². The van der Waals surface area contributed by atoms with Crippen LogP contribution in [0.1, 0.15) is 77.0 Å². The summed E-state index contributed by atoms with van der Waals surface area (Å²) < 4.78 is 0. The van der Waals surface area contributed by atoms with E-state index in [0.29, 0.717) is 0 Å². The third-order valence-electron chi connectivity index (χ3n) is 3.32. The van der Waals surface area contributed by atoms with E-state index in [-0.39, 0.29) is 0 Å². The van der Waals surface area contributed by atoms with E-state index >= 15 is 0 Å². The molecular formula is C16H28BrRh.